The predicted octanol–water partition coefficient (Wildman–Crippen LogP) is 2.46. The third kappa shape index (κ3) is 3.30. The van der Waals surface area contributed by atoms with Gasteiger partial charge in [-0.2, -0.15) is 18.3 Å². The monoisotopic (exact) mass is 355 g/mol. The Kier molecular flexibility index (Phi) is 4.07. The molecule has 2 aliphatic heterocycles. The van der Waals surface area contributed by atoms with Crippen molar-refractivity contribution in [2.45, 2.75) is 43.5 Å². The summed E-state index contributed by atoms with van der Waals surface area (Å²) in [7, 11) is 0. The molecule has 1 atom stereocenters. The second-order valence-corrected chi connectivity index (χ2v) is 6.75. The van der Waals surface area contributed by atoms with Crippen LogP contribution in [0.4, 0.5) is 19.0 Å². The van der Waals surface area contributed by atoms with E-state index in [2.05, 4.69) is 20.7 Å². The maximum atomic E-state index is 12.9. The number of alkyl halides is 3. The molecule has 0 bridgehead atoms. The number of nitrogens with zero attached hydrogens (tertiary/aromatic N) is 3. The van der Waals surface area contributed by atoms with Crippen LogP contribution in [0.5, 0.6) is 0 Å². The van der Waals surface area contributed by atoms with E-state index >= 15 is 0 Å². The van der Waals surface area contributed by atoms with Crippen molar-refractivity contribution < 1.29 is 17.9 Å². The summed E-state index contributed by atoms with van der Waals surface area (Å²) in [6, 6.07) is 1.16. The molecule has 1 unspecified atom stereocenters. The second-order valence-electron chi connectivity index (χ2n) is 6.75. The Morgan fingerprint density at radius 1 is 1.32 bits per heavy atom. The Bertz CT molecular complexity index is 748. The van der Waals surface area contributed by atoms with Crippen molar-refractivity contribution in [3.63, 3.8) is 0 Å². The number of fused-ring (bicyclic) bond motifs is 1. The number of ether oxygens (including phenoxy) is 1. The van der Waals surface area contributed by atoms with Gasteiger partial charge in [-0.05, 0) is 38.8 Å². The molecule has 2 aromatic heterocycles. The molecule has 4 heterocycles. The first-order chi connectivity index (χ1) is 12.0. The summed E-state index contributed by atoms with van der Waals surface area (Å²) in [6.45, 7) is 2.50. The summed E-state index contributed by atoms with van der Waals surface area (Å²) in [6.07, 6.45) is 1.95. The van der Waals surface area contributed by atoms with E-state index in [9.17, 15) is 13.2 Å². The van der Waals surface area contributed by atoms with Crippen LogP contribution in [0.3, 0.4) is 0 Å². The average Bonchev–Trinajstić information content (AvgIpc) is 3.01. The molecule has 0 aliphatic carbocycles. The first-order valence-corrected chi connectivity index (χ1v) is 8.48. The molecule has 136 valence electrons. The van der Waals surface area contributed by atoms with E-state index in [1.165, 1.54) is 16.9 Å². The van der Waals surface area contributed by atoms with Gasteiger partial charge in [0.15, 0.2) is 11.5 Å². The Balaban J connectivity index is 1.57. The first-order valence-electron chi connectivity index (χ1n) is 8.48. The minimum Gasteiger partial charge on any atom is -0.375 e. The molecule has 0 aromatic carbocycles. The van der Waals surface area contributed by atoms with Gasteiger partial charge in [-0.15, -0.1) is 0 Å². The van der Waals surface area contributed by atoms with Crippen LogP contribution < -0.4 is 10.6 Å². The van der Waals surface area contributed by atoms with E-state index in [4.69, 9.17) is 4.74 Å². The minimum atomic E-state index is -4.47. The molecule has 2 aliphatic rings. The quantitative estimate of drug-likeness (QED) is 0.867. The molecular formula is C16H20F3N5O. The highest BCUT2D eigenvalue weighted by atomic mass is 19.4. The number of anilines is 1. The second kappa shape index (κ2) is 6.14. The fraction of sp³-hybridized carbons (Fsp3) is 0.625. The van der Waals surface area contributed by atoms with Gasteiger partial charge >= 0.3 is 6.18 Å². The lowest BCUT2D eigenvalue weighted by Gasteiger charge is -2.43. The standard InChI is InChI=1S/C16H20F3N5O/c17-16(18,19)13-9-12-14(21-6-7-24(12)23-13)22-11-1-8-25-15(10-11)2-4-20-5-3-15/h6-7,9,11,20H,1-5,8,10H2,(H,21,22). The van der Waals surface area contributed by atoms with E-state index in [0.717, 1.165) is 44.8 Å². The number of halogens is 3. The van der Waals surface area contributed by atoms with Crippen LogP contribution in [0.25, 0.3) is 5.52 Å². The Hall–Kier alpha value is -1.87. The van der Waals surface area contributed by atoms with Crippen LogP contribution in [-0.4, -0.2) is 45.9 Å². The third-order valence-corrected chi connectivity index (χ3v) is 5.03. The van der Waals surface area contributed by atoms with E-state index < -0.39 is 11.9 Å². The molecule has 2 N–H and O–H groups in total. The van der Waals surface area contributed by atoms with Crippen molar-refractivity contribution in [3.05, 3.63) is 24.2 Å². The highest BCUT2D eigenvalue weighted by Crippen LogP contribution is 2.35. The molecule has 0 saturated carbocycles. The topological polar surface area (TPSA) is 63.5 Å². The van der Waals surface area contributed by atoms with Gasteiger partial charge < -0.3 is 15.4 Å². The number of nitrogens with one attached hydrogen (secondary N) is 2. The van der Waals surface area contributed by atoms with Crippen LogP contribution in [-0.2, 0) is 10.9 Å². The molecule has 2 aromatic rings. The van der Waals surface area contributed by atoms with Crippen molar-refractivity contribution in [1.29, 1.82) is 0 Å². The summed E-state index contributed by atoms with van der Waals surface area (Å²) in [5.41, 5.74) is -0.713. The zero-order valence-electron chi connectivity index (χ0n) is 13.6. The van der Waals surface area contributed by atoms with E-state index in [-0.39, 0.29) is 11.6 Å². The van der Waals surface area contributed by atoms with Crippen LogP contribution in [0.15, 0.2) is 18.5 Å². The Morgan fingerprint density at radius 2 is 2.12 bits per heavy atom. The van der Waals surface area contributed by atoms with E-state index in [1.807, 2.05) is 0 Å². The smallest absolute Gasteiger partial charge is 0.375 e. The maximum Gasteiger partial charge on any atom is 0.435 e. The highest BCUT2D eigenvalue weighted by molar-refractivity contribution is 5.68. The molecule has 0 amide bonds. The van der Waals surface area contributed by atoms with Gasteiger partial charge in [-0.3, -0.25) is 0 Å². The van der Waals surface area contributed by atoms with Gasteiger partial charge in [0, 0.05) is 31.1 Å². The van der Waals surface area contributed by atoms with Crippen LogP contribution >= 0.6 is 0 Å². The molecule has 1 spiro atoms. The van der Waals surface area contributed by atoms with Crippen molar-refractivity contribution in [3.8, 4) is 0 Å². The van der Waals surface area contributed by atoms with Gasteiger partial charge in [0.1, 0.15) is 5.52 Å². The van der Waals surface area contributed by atoms with Gasteiger partial charge in [0.2, 0.25) is 0 Å². The number of hydrogen-bond acceptors (Lipinski definition) is 5. The molecule has 25 heavy (non-hydrogen) atoms. The van der Waals surface area contributed by atoms with Crippen molar-refractivity contribution >= 4 is 11.3 Å². The van der Waals surface area contributed by atoms with Crippen molar-refractivity contribution in [2.24, 2.45) is 0 Å². The predicted molar refractivity (Wildman–Crippen MR) is 85.4 cm³/mol. The molecule has 4 rings (SSSR count). The van der Waals surface area contributed by atoms with Crippen LogP contribution in [0, 0.1) is 0 Å². The number of aromatic nitrogens is 3. The van der Waals surface area contributed by atoms with Gasteiger partial charge in [0.25, 0.3) is 0 Å². The summed E-state index contributed by atoms with van der Waals surface area (Å²) < 4.78 is 46.0. The maximum absolute atomic E-state index is 12.9. The molecular weight excluding hydrogens is 335 g/mol. The molecule has 9 heteroatoms. The van der Waals surface area contributed by atoms with Crippen molar-refractivity contribution in [2.75, 3.05) is 25.0 Å². The SMILES string of the molecule is FC(F)(F)c1cc2c(NC3CCOC4(CCNCC4)C3)nccn2n1. The molecule has 6 nitrogen and oxygen atoms in total. The number of hydrogen-bond donors (Lipinski definition) is 2. The lowest BCUT2D eigenvalue weighted by Crippen LogP contribution is -2.50. The van der Waals surface area contributed by atoms with Gasteiger partial charge in [-0.1, -0.05) is 0 Å². The average molecular weight is 355 g/mol. The minimum absolute atomic E-state index is 0.120. The summed E-state index contributed by atoms with van der Waals surface area (Å²) in [4.78, 5) is 4.24. The third-order valence-electron chi connectivity index (χ3n) is 5.03. The summed E-state index contributed by atoms with van der Waals surface area (Å²) in [5.74, 6) is 0.432. The van der Waals surface area contributed by atoms with E-state index in [1.54, 1.807) is 0 Å². The highest BCUT2D eigenvalue weighted by Gasteiger charge is 2.39. The first kappa shape index (κ1) is 16.6. The Morgan fingerprint density at radius 3 is 2.88 bits per heavy atom. The molecule has 2 saturated heterocycles. The summed E-state index contributed by atoms with van der Waals surface area (Å²) >= 11 is 0. The zero-order chi connectivity index (χ0) is 17.5. The fourth-order valence-electron chi connectivity index (χ4n) is 3.75. The van der Waals surface area contributed by atoms with Gasteiger partial charge in [-0.25, -0.2) is 9.50 Å². The van der Waals surface area contributed by atoms with Crippen LogP contribution in [0.1, 0.15) is 31.4 Å². The van der Waals surface area contributed by atoms with Crippen molar-refractivity contribution in [1.82, 2.24) is 19.9 Å². The molecule has 0 radical (unpaired) electrons. The lowest BCUT2D eigenvalue weighted by atomic mass is 9.83. The largest absolute Gasteiger partial charge is 0.435 e. The van der Waals surface area contributed by atoms with E-state index in [0.29, 0.717) is 17.9 Å². The number of rotatable bonds is 2. The fourth-order valence-corrected chi connectivity index (χ4v) is 3.75. The van der Waals surface area contributed by atoms with Gasteiger partial charge in [0.05, 0.1) is 5.60 Å². The lowest BCUT2D eigenvalue weighted by molar-refractivity contribution is -0.141. The normalized spacial score (nSPS) is 23.9. The van der Waals surface area contributed by atoms with Crippen LogP contribution in [0.2, 0.25) is 0 Å². The number of piperidine rings is 1. The summed E-state index contributed by atoms with van der Waals surface area (Å²) in [5, 5.41) is 10.3. The molecule has 2 fully saturated rings. The zero-order valence-corrected chi connectivity index (χ0v) is 13.6. The Labute approximate surface area is 142 Å².